The first-order valence-electron chi connectivity index (χ1n) is 7.32. The van der Waals surface area contributed by atoms with Crippen molar-refractivity contribution in [3.8, 4) is 0 Å². The van der Waals surface area contributed by atoms with Crippen molar-refractivity contribution < 1.29 is 19.5 Å². The van der Waals surface area contributed by atoms with Crippen molar-refractivity contribution in [2.45, 2.75) is 39.3 Å². The molecule has 0 aromatic heterocycles. The molecule has 1 heterocycles. The van der Waals surface area contributed by atoms with E-state index in [2.05, 4.69) is 5.32 Å². The Morgan fingerprint density at radius 2 is 1.86 bits per heavy atom. The maximum atomic E-state index is 12.5. The Morgan fingerprint density at radius 1 is 1.27 bits per heavy atom. The summed E-state index contributed by atoms with van der Waals surface area (Å²) in [6.45, 7) is 5.37. The highest BCUT2D eigenvalue weighted by atomic mass is 16.4. The molecule has 1 aromatic carbocycles. The number of aryl methyl sites for hydroxylation is 1. The summed E-state index contributed by atoms with van der Waals surface area (Å²) in [4.78, 5) is 36.8. The topological polar surface area (TPSA) is 86.7 Å². The second-order valence-corrected chi connectivity index (χ2v) is 5.71. The number of carboxylic acids is 1. The molecule has 1 aromatic rings. The number of urea groups is 1. The van der Waals surface area contributed by atoms with Gasteiger partial charge in [0.1, 0.15) is 12.1 Å². The maximum absolute atomic E-state index is 12.5. The van der Waals surface area contributed by atoms with Gasteiger partial charge in [-0.3, -0.25) is 4.79 Å². The van der Waals surface area contributed by atoms with E-state index >= 15 is 0 Å². The van der Waals surface area contributed by atoms with Gasteiger partial charge in [0.15, 0.2) is 0 Å². The number of benzene rings is 1. The van der Waals surface area contributed by atoms with Crippen LogP contribution in [0.3, 0.4) is 0 Å². The average molecular weight is 304 g/mol. The number of hydrogen-bond donors (Lipinski definition) is 2. The zero-order valence-electron chi connectivity index (χ0n) is 12.9. The fraction of sp³-hybridized carbons (Fsp3) is 0.438. The van der Waals surface area contributed by atoms with Crippen LogP contribution in [0, 0.1) is 5.92 Å². The third-order valence-electron chi connectivity index (χ3n) is 3.85. The zero-order chi connectivity index (χ0) is 16.4. The molecule has 6 heteroatoms. The second kappa shape index (κ2) is 6.17. The first-order valence-corrected chi connectivity index (χ1v) is 7.32. The van der Waals surface area contributed by atoms with Gasteiger partial charge in [-0.2, -0.15) is 0 Å². The van der Waals surface area contributed by atoms with Crippen LogP contribution in [0.25, 0.3) is 0 Å². The first-order chi connectivity index (χ1) is 10.4. The van der Waals surface area contributed by atoms with Gasteiger partial charge in [-0.25, -0.2) is 14.5 Å². The molecule has 2 rings (SSSR count). The van der Waals surface area contributed by atoms with Crippen LogP contribution in [0.15, 0.2) is 24.3 Å². The molecular weight excluding hydrogens is 284 g/mol. The smallest absolute Gasteiger partial charge is 0.327 e. The quantitative estimate of drug-likeness (QED) is 0.814. The van der Waals surface area contributed by atoms with E-state index in [1.807, 2.05) is 19.1 Å². The molecule has 118 valence electrons. The van der Waals surface area contributed by atoms with Gasteiger partial charge in [0.25, 0.3) is 5.91 Å². The maximum Gasteiger partial charge on any atom is 0.327 e. The van der Waals surface area contributed by atoms with Gasteiger partial charge in [-0.05, 0) is 23.5 Å². The zero-order valence-corrected chi connectivity index (χ0v) is 12.9. The summed E-state index contributed by atoms with van der Waals surface area (Å²) in [6.07, 6.45) is 0.881. The van der Waals surface area contributed by atoms with Crippen LogP contribution < -0.4 is 5.32 Å². The van der Waals surface area contributed by atoms with Gasteiger partial charge in [0.05, 0.1) is 0 Å². The fourth-order valence-electron chi connectivity index (χ4n) is 2.62. The van der Waals surface area contributed by atoms with Crippen LogP contribution in [0.5, 0.6) is 0 Å². The minimum absolute atomic E-state index is 0.367. The largest absolute Gasteiger partial charge is 0.480 e. The van der Waals surface area contributed by atoms with Gasteiger partial charge < -0.3 is 10.4 Å². The number of aliphatic carboxylic acids is 1. The number of nitrogens with zero attached hydrogens (tertiary/aromatic N) is 1. The van der Waals surface area contributed by atoms with Crippen molar-refractivity contribution in [1.82, 2.24) is 10.2 Å². The minimum Gasteiger partial charge on any atom is -0.480 e. The number of hydrogen-bond acceptors (Lipinski definition) is 3. The molecule has 6 nitrogen and oxygen atoms in total. The molecule has 0 bridgehead atoms. The fourth-order valence-corrected chi connectivity index (χ4v) is 2.62. The average Bonchev–Trinajstić information content (AvgIpc) is 2.75. The van der Waals surface area contributed by atoms with Crippen LogP contribution in [0.4, 0.5) is 4.79 Å². The number of amides is 3. The third-order valence-corrected chi connectivity index (χ3v) is 3.85. The highest BCUT2D eigenvalue weighted by Gasteiger charge is 2.46. The lowest BCUT2D eigenvalue weighted by Crippen LogP contribution is -2.48. The number of imide groups is 1. The molecule has 1 aliphatic rings. The summed E-state index contributed by atoms with van der Waals surface area (Å²) >= 11 is 0. The van der Waals surface area contributed by atoms with Crippen LogP contribution in [0.1, 0.15) is 37.9 Å². The van der Waals surface area contributed by atoms with Crippen molar-refractivity contribution >= 4 is 17.9 Å². The van der Waals surface area contributed by atoms with Crippen molar-refractivity contribution in [3.05, 3.63) is 35.4 Å². The van der Waals surface area contributed by atoms with Crippen LogP contribution in [-0.4, -0.2) is 34.0 Å². The molecule has 22 heavy (non-hydrogen) atoms. The Labute approximate surface area is 129 Å². The Kier molecular flexibility index (Phi) is 4.49. The molecule has 2 atom stereocenters. The van der Waals surface area contributed by atoms with Crippen molar-refractivity contribution in [3.63, 3.8) is 0 Å². The van der Waals surface area contributed by atoms with E-state index in [0.717, 1.165) is 16.9 Å². The molecule has 0 radical (unpaired) electrons. The highest BCUT2D eigenvalue weighted by molar-refractivity contribution is 6.07. The highest BCUT2D eigenvalue weighted by Crippen LogP contribution is 2.26. The number of carboxylic acid groups (broad SMARTS) is 1. The number of rotatable bonds is 5. The van der Waals surface area contributed by atoms with Crippen molar-refractivity contribution in [2.75, 3.05) is 0 Å². The van der Waals surface area contributed by atoms with E-state index in [9.17, 15) is 19.5 Å². The Balaban J connectivity index is 2.29. The SMILES string of the molecule is CCc1ccc(C2NC(=O)N(C(C(=O)O)C(C)C)C2=O)cc1. The number of carbonyl (C=O) groups is 3. The first kappa shape index (κ1) is 16.0. The lowest BCUT2D eigenvalue weighted by atomic mass is 10.0. The Hall–Kier alpha value is -2.37. The number of carbonyl (C=O) groups excluding carboxylic acids is 2. The molecular formula is C16H20N2O4. The van der Waals surface area contributed by atoms with Gasteiger partial charge >= 0.3 is 12.0 Å². The molecule has 1 aliphatic heterocycles. The third kappa shape index (κ3) is 2.81. The normalized spacial score (nSPS) is 19.5. The number of nitrogens with one attached hydrogen (secondary N) is 1. The van der Waals surface area contributed by atoms with E-state index in [0.29, 0.717) is 5.56 Å². The Morgan fingerprint density at radius 3 is 2.32 bits per heavy atom. The van der Waals surface area contributed by atoms with Crippen molar-refractivity contribution in [1.29, 1.82) is 0 Å². The summed E-state index contributed by atoms with van der Waals surface area (Å²) in [5.41, 5.74) is 1.79. The van der Waals surface area contributed by atoms with E-state index in [1.165, 1.54) is 0 Å². The summed E-state index contributed by atoms with van der Waals surface area (Å²) in [5, 5.41) is 11.9. The molecule has 0 saturated carbocycles. The van der Waals surface area contributed by atoms with Gasteiger partial charge in [0, 0.05) is 0 Å². The van der Waals surface area contributed by atoms with Crippen LogP contribution >= 0.6 is 0 Å². The standard InChI is InChI=1S/C16H20N2O4/c1-4-10-5-7-11(8-6-10)12-14(19)18(16(22)17-12)13(9(2)3)15(20)21/h5-9,12-13H,4H2,1-3H3,(H,17,22)(H,20,21). The van der Waals surface area contributed by atoms with Crippen LogP contribution in [0.2, 0.25) is 0 Å². The molecule has 1 saturated heterocycles. The molecule has 1 fully saturated rings. The molecule has 2 unspecified atom stereocenters. The van der Waals surface area contributed by atoms with Crippen LogP contribution in [-0.2, 0) is 16.0 Å². The van der Waals surface area contributed by atoms with E-state index in [4.69, 9.17) is 0 Å². The summed E-state index contributed by atoms with van der Waals surface area (Å²) in [6, 6.07) is 4.73. The summed E-state index contributed by atoms with van der Waals surface area (Å²) in [7, 11) is 0. The summed E-state index contributed by atoms with van der Waals surface area (Å²) < 4.78 is 0. The molecule has 0 aliphatic carbocycles. The lowest BCUT2D eigenvalue weighted by molar-refractivity contribution is -0.148. The molecule has 2 N–H and O–H groups in total. The van der Waals surface area contributed by atoms with Gasteiger partial charge in [-0.1, -0.05) is 45.0 Å². The summed E-state index contributed by atoms with van der Waals surface area (Å²) in [5.74, 6) is -2.07. The van der Waals surface area contributed by atoms with Gasteiger partial charge in [-0.15, -0.1) is 0 Å². The van der Waals surface area contributed by atoms with E-state index in [-0.39, 0.29) is 5.92 Å². The monoisotopic (exact) mass is 304 g/mol. The van der Waals surface area contributed by atoms with E-state index in [1.54, 1.807) is 26.0 Å². The second-order valence-electron chi connectivity index (χ2n) is 5.71. The predicted molar refractivity (Wildman–Crippen MR) is 80.2 cm³/mol. The van der Waals surface area contributed by atoms with Crippen molar-refractivity contribution in [2.24, 2.45) is 5.92 Å². The lowest BCUT2D eigenvalue weighted by Gasteiger charge is -2.24. The Bertz CT molecular complexity index is 595. The predicted octanol–water partition coefficient (Wildman–Crippen LogP) is 1.95. The van der Waals surface area contributed by atoms with E-state index < -0.39 is 30.0 Å². The van der Waals surface area contributed by atoms with Gasteiger partial charge in [0.2, 0.25) is 0 Å². The molecule has 3 amide bonds. The molecule has 0 spiro atoms. The minimum atomic E-state index is -1.18.